The molecule has 156 valence electrons. The highest BCUT2D eigenvalue weighted by molar-refractivity contribution is 6.40. The monoisotopic (exact) mass is 476 g/mol. The third-order valence-electron chi connectivity index (χ3n) is 5.65. The lowest BCUT2D eigenvalue weighted by Gasteiger charge is -2.37. The molecule has 0 unspecified atom stereocenters. The number of nitro groups is 2. The van der Waals surface area contributed by atoms with Crippen molar-refractivity contribution in [1.82, 2.24) is 10.4 Å². The van der Waals surface area contributed by atoms with E-state index in [1.807, 2.05) is 0 Å². The number of carbonyl (C=O) groups is 2. The summed E-state index contributed by atoms with van der Waals surface area (Å²) in [5, 5.41) is 19.5. The molecule has 2 amide bonds. The van der Waals surface area contributed by atoms with Crippen LogP contribution in [0.15, 0.2) is 0 Å². The van der Waals surface area contributed by atoms with Gasteiger partial charge in [-0.2, -0.15) is 0 Å². The van der Waals surface area contributed by atoms with Gasteiger partial charge in [0.2, 0.25) is 23.9 Å². The van der Waals surface area contributed by atoms with E-state index in [4.69, 9.17) is 46.4 Å². The van der Waals surface area contributed by atoms with Crippen LogP contribution in [0.25, 0.3) is 0 Å². The highest BCUT2D eigenvalue weighted by atomic mass is 35.5. The van der Waals surface area contributed by atoms with Gasteiger partial charge in [0, 0.05) is 16.3 Å². The Balaban J connectivity index is 1.81. The first-order valence-electron chi connectivity index (χ1n) is 8.53. The Morgan fingerprint density at radius 1 is 0.857 bits per heavy atom. The van der Waals surface area contributed by atoms with Crippen LogP contribution >= 0.6 is 46.4 Å². The second-order valence-electron chi connectivity index (χ2n) is 7.18. The van der Waals surface area contributed by atoms with Gasteiger partial charge in [-0.3, -0.25) is 29.8 Å². The molecule has 3 aliphatic rings. The van der Waals surface area contributed by atoms with Gasteiger partial charge in [-0.05, 0) is 6.42 Å². The first kappa shape index (κ1) is 21.8. The summed E-state index contributed by atoms with van der Waals surface area (Å²) in [4.78, 5) is 46.8. The van der Waals surface area contributed by atoms with Gasteiger partial charge in [0.15, 0.2) is 0 Å². The average molecular weight is 478 g/mol. The van der Waals surface area contributed by atoms with E-state index in [-0.39, 0.29) is 19.3 Å². The van der Waals surface area contributed by atoms with E-state index >= 15 is 0 Å². The molecule has 1 aliphatic heterocycles. The van der Waals surface area contributed by atoms with Crippen molar-refractivity contribution in [2.75, 3.05) is 0 Å². The van der Waals surface area contributed by atoms with Crippen LogP contribution in [0.1, 0.15) is 19.3 Å². The van der Waals surface area contributed by atoms with Crippen molar-refractivity contribution in [3.8, 4) is 0 Å². The molecule has 0 aromatic rings. The SMILES string of the molecule is O=C1[C@H]2[C@H](Cl)[C@H](Cl)[C@H](Cl)[C@H](Cl)[C@@H]2C(=O)N1N[C@H]1CC[C@@H]([N+](=O)[O-])C[C@@H]1[N+](=O)[O-]. The number of carbonyl (C=O) groups excluding carboxylic acids is 2. The van der Waals surface area contributed by atoms with Crippen LogP contribution in [0.4, 0.5) is 0 Å². The number of halogens is 4. The first-order valence-corrected chi connectivity index (χ1v) is 10.3. The Bertz CT molecular complexity index is 681. The standard InChI is InChI=1S/C14H16Cl4N4O6/c15-9-7-8(10(16)12(18)11(9)17)14(24)20(13(7)23)19-5-2-1-4(21(25)26)3-6(5)22(27)28/h4-12,19H,1-3H2/t4-,5+,6+,7-,8-,9-,10+,11-,12+/m1/s1. The molecule has 10 nitrogen and oxygen atoms in total. The van der Waals surface area contributed by atoms with Crippen LogP contribution in [-0.4, -0.2) is 66.3 Å². The number of fused-ring (bicyclic) bond motifs is 1. The number of hydrazine groups is 1. The number of nitrogens with one attached hydrogen (secondary N) is 1. The zero-order chi connectivity index (χ0) is 20.9. The van der Waals surface area contributed by atoms with Crippen molar-refractivity contribution in [2.24, 2.45) is 11.8 Å². The molecule has 2 saturated carbocycles. The topological polar surface area (TPSA) is 136 Å². The van der Waals surface area contributed by atoms with E-state index < -0.39 is 73.1 Å². The Morgan fingerprint density at radius 3 is 1.79 bits per heavy atom. The quantitative estimate of drug-likeness (QED) is 0.279. The molecule has 9 atom stereocenters. The minimum atomic E-state index is -1.33. The summed E-state index contributed by atoms with van der Waals surface area (Å²) in [6.45, 7) is 0. The number of amides is 2. The highest BCUT2D eigenvalue weighted by Crippen LogP contribution is 2.46. The largest absolute Gasteiger partial charge is 0.273 e. The Morgan fingerprint density at radius 2 is 1.36 bits per heavy atom. The Hall–Kier alpha value is -0.940. The third-order valence-corrected chi connectivity index (χ3v) is 8.21. The molecular formula is C14H16Cl4N4O6. The lowest BCUT2D eigenvalue weighted by Crippen LogP contribution is -2.57. The molecule has 0 radical (unpaired) electrons. The van der Waals surface area contributed by atoms with E-state index in [1.165, 1.54) is 0 Å². The number of rotatable bonds is 4. The van der Waals surface area contributed by atoms with Gasteiger partial charge in [0.05, 0.1) is 45.8 Å². The van der Waals surface area contributed by atoms with Gasteiger partial charge in [0.25, 0.3) is 0 Å². The first-order chi connectivity index (χ1) is 13.1. The zero-order valence-electron chi connectivity index (χ0n) is 14.1. The maximum absolute atomic E-state index is 12.8. The molecule has 1 heterocycles. The summed E-state index contributed by atoms with van der Waals surface area (Å²) in [5.41, 5.74) is 2.60. The minimum absolute atomic E-state index is 0.0502. The van der Waals surface area contributed by atoms with Crippen LogP contribution in [-0.2, 0) is 9.59 Å². The van der Waals surface area contributed by atoms with Crippen molar-refractivity contribution >= 4 is 58.2 Å². The zero-order valence-corrected chi connectivity index (χ0v) is 17.1. The normalized spacial score (nSPS) is 43.7. The maximum Gasteiger partial charge on any atom is 0.249 e. The summed E-state index contributed by atoms with van der Waals surface area (Å²) in [7, 11) is 0. The predicted molar refractivity (Wildman–Crippen MR) is 99.7 cm³/mol. The summed E-state index contributed by atoms with van der Waals surface area (Å²) < 4.78 is 0. The molecule has 2 aliphatic carbocycles. The van der Waals surface area contributed by atoms with E-state index in [0.717, 1.165) is 0 Å². The second-order valence-corrected chi connectivity index (χ2v) is 9.20. The fourth-order valence-electron chi connectivity index (χ4n) is 4.12. The third kappa shape index (κ3) is 3.54. The Kier molecular flexibility index (Phi) is 6.26. The molecule has 3 rings (SSSR count). The van der Waals surface area contributed by atoms with E-state index in [2.05, 4.69) is 5.43 Å². The summed E-state index contributed by atoms with van der Waals surface area (Å²) in [6.07, 6.45) is -0.166. The van der Waals surface area contributed by atoms with Gasteiger partial charge in [-0.15, -0.1) is 46.4 Å². The molecule has 1 saturated heterocycles. The van der Waals surface area contributed by atoms with Crippen LogP contribution < -0.4 is 5.43 Å². The molecule has 0 aromatic heterocycles. The Labute approximate surface area is 179 Å². The van der Waals surface area contributed by atoms with E-state index in [1.54, 1.807) is 0 Å². The lowest BCUT2D eigenvalue weighted by molar-refractivity contribution is -0.570. The van der Waals surface area contributed by atoms with Gasteiger partial charge in [0.1, 0.15) is 0 Å². The fraction of sp³-hybridized carbons (Fsp3) is 0.857. The van der Waals surface area contributed by atoms with Gasteiger partial charge in [-0.25, -0.2) is 10.4 Å². The van der Waals surface area contributed by atoms with Gasteiger partial charge in [-0.1, -0.05) is 0 Å². The molecule has 28 heavy (non-hydrogen) atoms. The smallest absolute Gasteiger partial charge is 0.249 e. The van der Waals surface area contributed by atoms with Crippen LogP contribution in [0, 0.1) is 32.1 Å². The van der Waals surface area contributed by atoms with Crippen LogP contribution in [0.2, 0.25) is 0 Å². The second kappa shape index (κ2) is 8.06. The maximum atomic E-state index is 12.8. The average Bonchev–Trinajstić information content (AvgIpc) is 2.89. The van der Waals surface area contributed by atoms with E-state index in [0.29, 0.717) is 5.01 Å². The molecule has 0 aromatic carbocycles. The number of nitrogens with zero attached hydrogens (tertiary/aromatic N) is 3. The van der Waals surface area contributed by atoms with Crippen molar-refractivity contribution in [2.45, 2.75) is 58.9 Å². The molecular weight excluding hydrogens is 462 g/mol. The van der Waals surface area contributed by atoms with Crippen molar-refractivity contribution in [1.29, 1.82) is 0 Å². The van der Waals surface area contributed by atoms with Gasteiger partial charge < -0.3 is 0 Å². The number of hydrogen-bond donors (Lipinski definition) is 1. The number of alkyl halides is 4. The van der Waals surface area contributed by atoms with E-state index in [9.17, 15) is 29.8 Å². The molecule has 14 heteroatoms. The molecule has 1 N–H and O–H groups in total. The molecule has 0 bridgehead atoms. The minimum Gasteiger partial charge on any atom is -0.273 e. The van der Waals surface area contributed by atoms with Gasteiger partial charge >= 0.3 is 0 Å². The predicted octanol–water partition coefficient (Wildman–Crippen LogP) is 1.38. The fourth-order valence-corrected chi connectivity index (χ4v) is 5.74. The molecule has 3 fully saturated rings. The van der Waals surface area contributed by atoms with Crippen LogP contribution in [0.3, 0.4) is 0 Å². The summed E-state index contributed by atoms with van der Waals surface area (Å²) in [5.74, 6) is -3.39. The highest BCUT2D eigenvalue weighted by Gasteiger charge is 2.61. The van der Waals surface area contributed by atoms with Crippen LogP contribution in [0.5, 0.6) is 0 Å². The van der Waals surface area contributed by atoms with Crippen molar-refractivity contribution < 1.29 is 19.4 Å². The molecule has 0 spiro atoms. The van der Waals surface area contributed by atoms with Crippen molar-refractivity contribution in [3.63, 3.8) is 0 Å². The number of hydrogen-bond acceptors (Lipinski definition) is 7. The lowest BCUT2D eigenvalue weighted by atomic mass is 9.79. The summed E-state index contributed by atoms with van der Waals surface area (Å²) >= 11 is 24.8. The van der Waals surface area contributed by atoms with Crippen molar-refractivity contribution in [3.05, 3.63) is 20.2 Å². The summed E-state index contributed by atoms with van der Waals surface area (Å²) in [6, 6.07) is -3.30. The number of imide groups is 1.